The second-order valence-corrected chi connectivity index (χ2v) is 6.77. The van der Waals surface area contributed by atoms with E-state index in [9.17, 15) is 29.0 Å². The van der Waals surface area contributed by atoms with E-state index < -0.39 is 21.5 Å². The summed E-state index contributed by atoms with van der Waals surface area (Å²) in [5.74, 6) is -1.26. The summed E-state index contributed by atoms with van der Waals surface area (Å²) in [7, 11) is 0. The molecule has 3 rings (SSSR count). The predicted octanol–water partition coefficient (Wildman–Crippen LogP) is 4.93. The van der Waals surface area contributed by atoms with Crippen molar-refractivity contribution in [2.24, 2.45) is 0 Å². The zero-order valence-electron chi connectivity index (χ0n) is 15.4. The Bertz CT molecular complexity index is 1210. The van der Waals surface area contributed by atoms with Crippen LogP contribution in [0.5, 0.6) is 0 Å². The Balaban J connectivity index is 0.000000245. The van der Waals surface area contributed by atoms with E-state index in [2.05, 4.69) is 15.9 Å². The fourth-order valence-electron chi connectivity index (χ4n) is 2.39. The first kappa shape index (κ1) is 23.2. The van der Waals surface area contributed by atoms with E-state index in [-0.39, 0.29) is 32.8 Å². The highest BCUT2D eigenvalue weighted by Gasteiger charge is 2.17. The first-order valence-electron chi connectivity index (χ1n) is 8.18. The van der Waals surface area contributed by atoms with Crippen molar-refractivity contribution in [3.8, 4) is 17.2 Å². The average molecular weight is 492 g/mol. The summed E-state index contributed by atoms with van der Waals surface area (Å²) in [6, 6.07) is 12.0. The lowest BCUT2D eigenvalue weighted by Crippen LogP contribution is -1.98. The first-order valence-corrected chi connectivity index (χ1v) is 8.97. The highest BCUT2D eigenvalue weighted by molar-refractivity contribution is 9.10. The van der Waals surface area contributed by atoms with Crippen LogP contribution in [0.2, 0.25) is 0 Å². The van der Waals surface area contributed by atoms with Gasteiger partial charge < -0.3 is 11.5 Å². The van der Waals surface area contributed by atoms with E-state index in [0.29, 0.717) is 11.1 Å². The van der Waals surface area contributed by atoms with Crippen LogP contribution in [-0.4, -0.2) is 9.85 Å². The second kappa shape index (κ2) is 9.59. The average Bonchev–Trinajstić information content (AvgIpc) is 2.71. The number of hydrogen-bond donors (Lipinski definition) is 2. The summed E-state index contributed by atoms with van der Waals surface area (Å²) in [4.78, 5) is 19.7. The number of nitro benzene ring substituents is 2. The Labute approximate surface area is 181 Å². The molecule has 9 nitrogen and oxygen atoms in total. The Morgan fingerprint density at radius 3 is 1.84 bits per heavy atom. The van der Waals surface area contributed by atoms with E-state index in [4.69, 9.17) is 16.7 Å². The van der Waals surface area contributed by atoms with Crippen LogP contribution < -0.4 is 11.5 Å². The van der Waals surface area contributed by atoms with Crippen molar-refractivity contribution in [1.82, 2.24) is 0 Å². The topological polar surface area (TPSA) is 162 Å². The van der Waals surface area contributed by atoms with Crippen molar-refractivity contribution in [2.75, 3.05) is 11.5 Å². The van der Waals surface area contributed by atoms with Gasteiger partial charge in [0, 0.05) is 29.8 Å². The Morgan fingerprint density at radius 1 is 0.871 bits per heavy atom. The number of nitrogens with two attached hydrogens (primary N) is 2. The SMILES string of the molecule is N#Cc1ccc(-c2cc([N+](=O)[O-])c(N)cc2F)cc1.Nc1cc(F)c(Br)cc1[N+](=O)[O-]. The molecule has 0 spiro atoms. The minimum Gasteiger partial charge on any atom is -0.393 e. The van der Waals surface area contributed by atoms with Gasteiger partial charge in [0.25, 0.3) is 11.4 Å². The van der Waals surface area contributed by atoms with E-state index in [1.54, 1.807) is 0 Å². The number of nitriles is 1. The highest BCUT2D eigenvalue weighted by atomic mass is 79.9. The monoisotopic (exact) mass is 491 g/mol. The number of halogens is 3. The molecular formula is C19H12BrF2N5O4. The lowest BCUT2D eigenvalue weighted by atomic mass is 10.0. The van der Waals surface area contributed by atoms with Gasteiger partial charge in [-0.2, -0.15) is 5.26 Å². The molecule has 31 heavy (non-hydrogen) atoms. The standard InChI is InChI=1S/C13H8FN3O2.C6H4BrFN2O2/c14-11-6-12(16)13(17(18)19)5-10(11)9-3-1-8(7-15)2-4-9;7-3-1-6(10(11)12)5(9)2-4(3)8/h1-6H,16H2;1-2H,9H2. The first-order chi connectivity index (χ1) is 14.5. The summed E-state index contributed by atoms with van der Waals surface area (Å²) in [6.07, 6.45) is 0. The molecule has 0 saturated carbocycles. The highest BCUT2D eigenvalue weighted by Crippen LogP contribution is 2.31. The number of nitrogen functional groups attached to an aromatic ring is 2. The number of benzene rings is 3. The van der Waals surface area contributed by atoms with Gasteiger partial charge in [-0.3, -0.25) is 20.2 Å². The minimum absolute atomic E-state index is 0.0309. The molecule has 0 fully saturated rings. The van der Waals surface area contributed by atoms with Crippen molar-refractivity contribution in [2.45, 2.75) is 0 Å². The van der Waals surface area contributed by atoms with Crippen LogP contribution in [-0.2, 0) is 0 Å². The smallest absolute Gasteiger partial charge is 0.293 e. The summed E-state index contributed by atoms with van der Waals surface area (Å²) in [5.41, 5.74) is 10.5. The number of nitrogens with zero attached hydrogens (tertiary/aromatic N) is 3. The zero-order valence-corrected chi connectivity index (χ0v) is 17.0. The van der Waals surface area contributed by atoms with Crippen molar-refractivity contribution in [1.29, 1.82) is 5.26 Å². The number of rotatable bonds is 3. The largest absolute Gasteiger partial charge is 0.393 e. The Kier molecular flexibility index (Phi) is 7.17. The normalized spacial score (nSPS) is 9.87. The summed E-state index contributed by atoms with van der Waals surface area (Å²) in [5, 5.41) is 29.7. The van der Waals surface area contributed by atoms with Crippen LogP contribution >= 0.6 is 15.9 Å². The van der Waals surface area contributed by atoms with Crippen molar-refractivity contribution < 1.29 is 18.6 Å². The molecule has 0 unspecified atom stereocenters. The van der Waals surface area contributed by atoms with Crippen LogP contribution in [0.4, 0.5) is 31.5 Å². The third-order valence-corrected chi connectivity index (χ3v) is 4.51. The molecule has 4 N–H and O–H groups in total. The number of hydrogen-bond acceptors (Lipinski definition) is 7. The Morgan fingerprint density at radius 2 is 1.35 bits per heavy atom. The molecule has 0 aliphatic heterocycles. The summed E-state index contributed by atoms with van der Waals surface area (Å²) >= 11 is 2.81. The molecule has 3 aromatic carbocycles. The molecule has 12 heteroatoms. The maximum absolute atomic E-state index is 13.8. The third kappa shape index (κ3) is 5.49. The summed E-state index contributed by atoms with van der Waals surface area (Å²) in [6.45, 7) is 0. The zero-order chi connectivity index (χ0) is 23.3. The third-order valence-electron chi connectivity index (χ3n) is 3.90. The van der Waals surface area contributed by atoms with E-state index in [1.165, 1.54) is 24.3 Å². The van der Waals surface area contributed by atoms with Gasteiger partial charge in [-0.05, 0) is 33.6 Å². The number of nitro groups is 2. The van der Waals surface area contributed by atoms with Crippen LogP contribution in [0.1, 0.15) is 5.56 Å². The van der Waals surface area contributed by atoms with Crippen LogP contribution in [0, 0.1) is 43.2 Å². The fourth-order valence-corrected chi connectivity index (χ4v) is 2.72. The van der Waals surface area contributed by atoms with E-state index in [0.717, 1.165) is 24.3 Å². The van der Waals surface area contributed by atoms with Gasteiger partial charge >= 0.3 is 0 Å². The molecule has 0 radical (unpaired) electrons. The fraction of sp³-hybridized carbons (Fsp3) is 0. The molecule has 0 aliphatic carbocycles. The Hall–Kier alpha value is -4.11. The van der Waals surface area contributed by atoms with Gasteiger partial charge in [-0.1, -0.05) is 12.1 Å². The molecule has 0 amide bonds. The molecule has 0 aliphatic rings. The molecular weight excluding hydrogens is 480 g/mol. The van der Waals surface area contributed by atoms with E-state index >= 15 is 0 Å². The minimum atomic E-state index is -0.667. The van der Waals surface area contributed by atoms with Crippen LogP contribution in [0.25, 0.3) is 11.1 Å². The van der Waals surface area contributed by atoms with Crippen molar-refractivity contribution in [3.05, 3.63) is 90.4 Å². The molecule has 0 saturated heterocycles. The molecule has 158 valence electrons. The van der Waals surface area contributed by atoms with Gasteiger partial charge in [0.1, 0.15) is 23.0 Å². The maximum atomic E-state index is 13.8. The number of anilines is 2. The maximum Gasteiger partial charge on any atom is 0.293 e. The molecule has 0 heterocycles. The van der Waals surface area contributed by atoms with Gasteiger partial charge in [0.05, 0.1) is 26.0 Å². The molecule has 3 aromatic rings. The second-order valence-electron chi connectivity index (χ2n) is 5.92. The quantitative estimate of drug-likeness (QED) is 0.297. The summed E-state index contributed by atoms with van der Waals surface area (Å²) < 4.78 is 26.5. The van der Waals surface area contributed by atoms with Gasteiger partial charge in [0.15, 0.2) is 0 Å². The lowest BCUT2D eigenvalue weighted by molar-refractivity contribution is -0.384. The molecule has 0 atom stereocenters. The van der Waals surface area contributed by atoms with Crippen LogP contribution in [0.3, 0.4) is 0 Å². The molecule has 0 bridgehead atoms. The van der Waals surface area contributed by atoms with Gasteiger partial charge in [-0.15, -0.1) is 0 Å². The van der Waals surface area contributed by atoms with Crippen molar-refractivity contribution >= 4 is 38.7 Å². The van der Waals surface area contributed by atoms with Crippen LogP contribution in [0.15, 0.2) is 53.0 Å². The van der Waals surface area contributed by atoms with Gasteiger partial charge in [-0.25, -0.2) is 8.78 Å². The molecule has 0 aromatic heterocycles. The van der Waals surface area contributed by atoms with Crippen molar-refractivity contribution in [3.63, 3.8) is 0 Å². The lowest BCUT2D eigenvalue weighted by Gasteiger charge is -2.05. The van der Waals surface area contributed by atoms with Gasteiger partial charge in [0.2, 0.25) is 0 Å². The predicted molar refractivity (Wildman–Crippen MR) is 113 cm³/mol. The van der Waals surface area contributed by atoms with E-state index in [1.807, 2.05) is 6.07 Å².